The normalized spacial score (nSPS) is 11.3. The zero-order valence-corrected chi connectivity index (χ0v) is 29.7. The van der Waals surface area contributed by atoms with Gasteiger partial charge in [-0.2, -0.15) is 0 Å². The second-order valence-electron chi connectivity index (χ2n) is 13.3. The molecular weight excluding hydrogens is 653 g/mol. The van der Waals surface area contributed by atoms with Gasteiger partial charge in [0.25, 0.3) is 0 Å². The van der Waals surface area contributed by atoms with Crippen molar-refractivity contribution >= 4 is 31.5 Å². The highest BCUT2D eigenvalue weighted by Crippen LogP contribution is 2.41. The van der Waals surface area contributed by atoms with Crippen LogP contribution in [-0.4, -0.2) is 15.1 Å². The van der Waals surface area contributed by atoms with Crippen molar-refractivity contribution in [2.45, 2.75) is 13.8 Å². The largest absolute Gasteiger partial charge is 0.507 e. The molecule has 1 N–H and O–H groups in total. The fraction of sp³-hybridized carbons (Fsp3) is 0.0417. The van der Waals surface area contributed by atoms with Crippen LogP contribution in [0, 0.1) is 13.8 Å². The van der Waals surface area contributed by atoms with Crippen LogP contribution in [0.1, 0.15) is 11.3 Å². The lowest BCUT2D eigenvalue weighted by Crippen LogP contribution is -1.93. The lowest BCUT2D eigenvalue weighted by atomic mass is 9.96. The first-order valence-corrected chi connectivity index (χ1v) is 18.3. The number of pyridine rings is 2. The number of hydrogen-bond acceptors (Lipinski definition) is 4. The fourth-order valence-electron chi connectivity index (χ4n) is 7.15. The molecule has 6 aromatic carbocycles. The summed E-state index contributed by atoms with van der Waals surface area (Å²) in [6, 6.07) is 56.8. The summed E-state index contributed by atoms with van der Waals surface area (Å²) < 4.78 is 2.59. The molecule has 0 amide bonds. The lowest BCUT2D eigenvalue weighted by Gasteiger charge is -2.13. The number of hydrogen-bond donors (Lipinski definition) is 1. The Morgan fingerprint density at radius 1 is 0.423 bits per heavy atom. The standard InChI is InChI=1S/C48H34N2OS/c1-30-11-8-14-33(23-30)34-21-22-42(46(51)29-34)45-27-37(32-12-4-3-5-13-32)26-44(50-45)36-16-9-15-35(25-36)43-28-38(24-31(2)49-43)39-18-10-19-41-40-17-6-7-20-47(40)52-48(39)41/h3-29,51H,1-2H3. The molecule has 3 nitrogen and oxygen atoms in total. The van der Waals surface area contributed by atoms with Gasteiger partial charge in [0.15, 0.2) is 0 Å². The zero-order chi connectivity index (χ0) is 35.2. The van der Waals surface area contributed by atoms with E-state index in [4.69, 9.17) is 9.97 Å². The predicted molar refractivity (Wildman–Crippen MR) is 219 cm³/mol. The highest BCUT2D eigenvalue weighted by Gasteiger charge is 2.16. The van der Waals surface area contributed by atoms with E-state index in [0.717, 1.165) is 56.0 Å². The second-order valence-corrected chi connectivity index (χ2v) is 14.4. The third-order valence-electron chi connectivity index (χ3n) is 9.68. The minimum Gasteiger partial charge on any atom is -0.507 e. The van der Waals surface area contributed by atoms with E-state index in [9.17, 15) is 5.11 Å². The van der Waals surface area contributed by atoms with Crippen LogP contribution in [0.3, 0.4) is 0 Å². The maximum atomic E-state index is 11.4. The average molecular weight is 687 g/mol. The Hall–Kier alpha value is -6.36. The number of aryl methyl sites for hydroxylation is 2. The van der Waals surface area contributed by atoms with Crippen LogP contribution in [0.25, 0.3) is 87.3 Å². The Kier molecular flexibility index (Phi) is 7.95. The minimum absolute atomic E-state index is 0.196. The third kappa shape index (κ3) is 5.93. The van der Waals surface area contributed by atoms with E-state index < -0.39 is 0 Å². The Morgan fingerprint density at radius 3 is 1.90 bits per heavy atom. The highest BCUT2D eigenvalue weighted by molar-refractivity contribution is 7.26. The van der Waals surface area contributed by atoms with Gasteiger partial charge >= 0.3 is 0 Å². The maximum Gasteiger partial charge on any atom is 0.125 e. The molecule has 0 spiro atoms. The van der Waals surface area contributed by atoms with E-state index in [1.165, 1.54) is 31.3 Å². The summed E-state index contributed by atoms with van der Waals surface area (Å²) >= 11 is 1.84. The van der Waals surface area contributed by atoms with E-state index in [1.807, 2.05) is 47.7 Å². The zero-order valence-electron chi connectivity index (χ0n) is 28.8. The average Bonchev–Trinajstić information content (AvgIpc) is 3.57. The molecule has 3 heterocycles. The molecule has 0 aliphatic carbocycles. The van der Waals surface area contributed by atoms with E-state index in [-0.39, 0.29) is 5.75 Å². The van der Waals surface area contributed by atoms with Crippen LogP contribution >= 0.6 is 11.3 Å². The van der Waals surface area contributed by atoms with Crippen molar-refractivity contribution in [1.82, 2.24) is 9.97 Å². The van der Waals surface area contributed by atoms with Gasteiger partial charge < -0.3 is 5.11 Å². The highest BCUT2D eigenvalue weighted by atomic mass is 32.1. The molecule has 0 atom stereocenters. The molecule has 3 aromatic heterocycles. The number of phenols is 1. The Bertz CT molecular complexity index is 2780. The number of fused-ring (bicyclic) bond motifs is 3. The number of rotatable bonds is 6. The van der Waals surface area contributed by atoms with Crippen LogP contribution in [0.5, 0.6) is 5.75 Å². The molecule has 0 aliphatic rings. The lowest BCUT2D eigenvalue weighted by molar-refractivity contribution is 0.477. The number of benzene rings is 6. The summed E-state index contributed by atoms with van der Waals surface area (Å²) in [5.41, 5.74) is 13.8. The van der Waals surface area contributed by atoms with Crippen LogP contribution in [0.15, 0.2) is 164 Å². The molecular formula is C48H34N2OS. The molecule has 52 heavy (non-hydrogen) atoms. The van der Waals surface area contributed by atoms with Crippen LogP contribution < -0.4 is 0 Å². The van der Waals surface area contributed by atoms with Gasteiger partial charge in [-0.15, -0.1) is 11.3 Å². The molecule has 0 fully saturated rings. The van der Waals surface area contributed by atoms with Crippen LogP contribution in [-0.2, 0) is 0 Å². The molecule has 0 radical (unpaired) electrons. The van der Waals surface area contributed by atoms with Gasteiger partial charge in [-0.1, -0.05) is 121 Å². The molecule has 4 heteroatoms. The summed E-state index contributed by atoms with van der Waals surface area (Å²) in [5.74, 6) is 0.196. The monoisotopic (exact) mass is 686 g/mol. The molecule has 9 rings (SSSR count). The first-order chi connectivity index (χ1) is 25.5. The van der Waals surface area contributed by atoms with E-state index in [0.29, 0.717) is 11.3 Å². The molecule has 248 valence electrons. The molecule has 0 saturated heterocycles. The van der Waals surface area contributed by atoms with E-state index >= 15 is 0 Å². The first kappa shape index (κ1) is 31.6. The van der Waals surface area contributed by atoms with Crippen molar-refractivity contribution in [1.29, 1.82) is 0 Å². The maximum absolute atomic E-state index is 11.4. The SMILES string of the molecule is Cc1cccc(-c2ccc(-c3cc(-c4ccccc4)cc(-c4cccc(-c5cc(-c6cccc7c6sc6ccccc67)cc(C)n5)c4)n3)c(O)c2)c1. The number of aromatic hydroxyl groups is 1. The molecule has 0 saturated carbocycles. The summed E-state index contributed by atoms with van der Waals surface area (Å²) in [6.45, 7) is 4.14. The van der Waals surface area contributed by atoms with Crippen molar-refractivity contribution in [2.75, 3.05) is 0 Å². The van der Waals surface area contributed by atoms with Crippen molar-refractivity contribution < 1.29 is 5.11 Å². The number of phenolic OH excluding ortho intramolecular Hbond substituents is 1. The smallest absolute Gasteiger partial charge is 0.125 e. The quantitative estimate of drug-likeness (QED) is 0.189. The summed E-state index contributed by atoms with van der Waals surface area (Å²) in [6.07, 6.45) is 0. The number of thiophene rings is 1. The van der Waals surface area contributed by atoms with Gasteiger partial charge in [0.05, 0.1) is 17.1 Å². The van der Waals surface area contributed by atoms with Gasteiger partial charge in [-0.3, -0.25) is 4.98 Å². The minimum atomic E-state index is 0.196. The number of aromatic nitrogens is 2. The fourth-order valence-corrected chi connectivity index (χ4v) is 8.39. The topological polar surface area (TPSA) is 46.0 Å². The summed E-state index contributed by atoms with van der Waals surface area (Å²) in [5, 5.41) is 14.0. The van der Waals surface area contributed by atoms with Crippen molar-refractivity contribution in [2.24, 2.45) is 0 Å². The van der Waals surface area contributed by atoms with Crippen molar-refractivity contribution in [3.8, 4) is 72.9 Å². The summed E-state index contributed by atoms with van der Waals surface area (Å²) in [7, 11) is 0. The van der Waals surface area contributed by atoms with E-state index in [1.54, 1.807) is 0 Å². The van der Waals surface area contributed by atoms with Gasteiger partial charge in [0, 0.05) is 42.6 Å². The predicted octanol–water partition coefficient (Wildman–Crippen LogP) is 13.2. The van der Waals surface area contributed by atoms with Crippen molar-refractivity contribution in [3.63, 3.8) is 0 Å². The van der Waals surface area contributed by atoms with Gasteiger partial charge in [-0.05, 0) is 95.8 Å². The van der Waals surface area contributed by atoms with Crippen molar-refractivity contribution in [3.05, 3.63) is 175 Å². The second kappa shape index (κ2) is 13.1. The van der Waals surface area contributed by atoms with Gasteiger partial charge in [-0.25, -0.2) is 4.98 Å². The Morgan fingerprint density at radius 2 is 1.08 bits per heavy atom. The molecule has 0 unspecified atom stereocenters. The first-order valence-electron chi connectivity index (χ1n) is 17.4. The van der Waals surface area contributed by atoms with Crippen LogP contribution in [0.4, 0.5) is 0 Å². The third-order valence-corrected chi connectivity index (χ3v) is 10.9. The Balaban J connectivity index is 1.14. The molecule has 0 aliphatic heterocycles. The van der Waals surface area contributed by atoms with Crippen LogP contribution in [0.2, 0.25) is 0 Å². The number of nitrogens with zero attached hydrogens (tertiary/aromatic N) is 2. The van der Waals surface area contributed by atoms with Gasteiger partial charge in [0.2, 0.25) is 0 Å². The Labute approximate surface area is 307 Å². The van der Waals surface area contributed by atoms with E-state index in [2.05, 4.69) is 141 Å². The molecule has 0 bridgehead atoms. The van der Waals surface area contributed by atoms with Gasteiger partial charge in [0.1, 0.15) is 5.75 Å². The summed E-state index contributed by atoms with van der Waals surface area (Å²) in [4.78, 5) is 10.2. The molecule has 9 aromatic rings.